The summed E-state index contributed by atoms with van der Waals surface area (Å²) in [4.78, 5) is 20.2. The van der Waals surface area contributed by atoms with Crippen LogP contribution in [0.1, 0.15) is 57.8 Å². The van der Waals surface area contributed by atoms with Crippen molar-refractivity contribution in [2.45, 2.75) is 59.0 Å². The molecular weight excluding hydrogens is 509 g/mol. The number of hydrogen-bond donors (Lipinski definition) is 3. The van der Waals surface area contributed by atoms with Gasteiger partial charge in [-0.3, -0.25) is 4.79 Å². The highest BCUT2D eigenvalue weighted by Crippen LogP contribution is 2.38. The highest BCUT2D eigenvalue weighted by Gasteiger charge is 2.39. The van der Waals surface area contributed by atoms with Gasteiger partial charge in [-0.05, 0) is 69.3 Å². The van der Waals surface area contributed by atoms with E-state index in [-0.39, 0.29) is 23.1 Å². The maximum absolute atomic E-state index is 14.5. The first-order chi connectivity index (χ1) is 17.8. The third-order valence-electron chi connectivity index (χ3n) is 6.81. The molecule has 2 aliphatic rings. The van der Waals surface area contributed by atoms with Crippen molar-refractivity contribution in [3.8, 4) is 17.0 Å². The van der Waals surface area contributed by atoms with Crippen LogP contribution in [0, 0.1) is 17.7 Å². The second-order valence-corrected chi connectivity index (χ2v) is 12.9. The van der Waals surface area contributed by atoms with Gasteiger partial charge in [0.2, 0.25) is 0 Å². The van der Waals surface area contributed by atoms with E-state index in [0.29, 0.717) is 61.4 Å². The van der Waals surface area contributed by atoms with Gasteiger partial charge in [-0.15, -0.1) is 0 Å². The van der Waals surface area contributed by atoms with Gasteiger partial charge in [-0.1, -0.05) is 20.8 Å². The first-order valence-electron chi connectivity index (χ1n) is 13.1. The first kappa shape index (κ1) is 28.3. The summed E-state index contributed by atoms with van der Waals surface area (Å²) in [6.07, 6.45) is 1.52. The summed E-state index contributed by atoms with van der Waals surface area (Å²) in [6.45, 7) is 12.6. The topological polar surface area (TPSA) is 113 Å². The van der Waals surface area contributed by atoms with Crippen molar-refractivity contribution < 1.29 is 22.3 Å². The van der Waals surface area contributed by atoms with Gasteiger partial charge in [-0.2, -0.15) is 13.1 Å². The molecule has 2 atom stereocenters. The van der Waals surface area contributed by atoms with Crippen LogP contribution in [-0.2, 0) is 10.2 Å². The third kappa shape index (κ3) is 6.81. The maximum atomic E-state index is 14.5. The lowest BCUT2D eigenvalue weighted by molar-refractivity contribution is 0.0981. The number of benzene rings is 1. The summed E-state index contributed by atoms with van der Waals surface area (Å²) in [6, 6.07) is 7.30. The molecule has 0 spiro atoms. The Bertz CT molecular complexity index is 1280. The molecular formula is C27H38FN5O4S. The summed E-state index contributed by atoms with van der Waals surface area (Å²) in [5.74, 6) is 0.151. The molecule has 4 rings (SSSR count). The van der Waals surface area contributed by atoms with E-state index in [0.717, 1.165) is 6.42 Å². The zero-order chi connectivity index (χ0) is 27.7. The highest BCUT2D eigenvalue weighted by atomic mass is 32.2. The summed E-state index contributed by atoms with van der Waals surface area (Å²) in [5, 5.41) is 3.09. The van der Waals surface area contributed by atoms with Crippen LogP contribution < -0.4 is 24.4 Å². The van der Waals surface area contributed by atoms with Gasteiger partial charge in [0.25, 0.3) is 5.91 Å². The van der Waals surface area contributed by atoms with Crippen LogP contribution in [0.5, 0.6) is 5.75 Å². The summed E-state index contributed by atoms with van der Waals surface area (Å²) in [7, 11) is -4.08. The van der Waals surface area contributed by atoms with E-state index in [4.69, 9.17) is 9.72 Å². The number of hydrogen-bond acceptors (Lipinski definition) is 7. The minimum absolute atomic E-state index is 0.138. The number of carbonyl (C=O) groups excluding carboxylic acids is 1. The zero-order valence-electron chi connectivity index (χ0n) is 22.7. The van der Waals surface area contributed by atoms with Crippen molar-refractivity contribution in [2.75, 3.05) is 31.1 Å². The molecule has 2 saturated heterocycles. The Morgan fingerprint density at radius 2 is 2.05 bits per heavy atom. The lowest BCUT2D eigenvalue weighted by Gasteiger charge is -2.34. The molecule has 11 heteroatoms. The van der Waals surface area contributed by atoms with Gasteiger partial charge in [0.05, 0.1) is 17.9 Å². The maximum Gasteiger partial charge on any atom is 0.301 e. The van der Waals surface area contributed by atoms with Gasteiger partial charge in [0.15, 0.2) is 0 Å². The molecule has 9 nitrogen and oxygen atoms in total. The van der Waals surface area contributed by atoms with Gasteiger partial charge in [-0.25, -0.2) is 14.1 Å². The second kappa shape index (κ2) is 11.2. The fraction of sp³-hybridized carbons (Fsp3) is 0.556. The average molecular weight is 548 g/mol. The molecule has 2 aliphatic heterocycles. The Morgan fingerprint density at radius 1 is 1.29 bits per heavy atom. The van der Waals surface area contributed by atoms with Gasteiger partial charge >= 0.3 is 10.2 Å². The van der Waals surface area contributed by atoms with Gasteiger partial charge in [0, 0.05) is 36.3 Å². The Labute approximate surface area is 224 Å². The van der Waals surface area contributed by atoms with E-state index < -0.39 is 21.9 Å². The minimum atomic E-state index is -4.08. The number of anilines is 1. The van der Waals surface area contributed by atoms with Crippen molar-refractivity contribution >= 4 is 21.9 Å². The van der Waals surface area contributed by atoms with Crippen LogP contribution in [0.2, 0.25) is 0 Å². The zero-order valence-corrected chi connectivity index (χ0v) is 23.5. The van der Waals surface area contributed by atoms with Gasteiger partial charge < -0.3 is 15.0 Å². The molecule has 3 heterocycles. The summed E-state index contributed by atoms with van der Waals surface area (Å²) in [5.41, 5.74) is 0.780. The van der Waals surface area contributed by atoms with Crippen molar-refractivity contribution in [3.63, 3.8) is 0 Å². The molecule has 38 heavy (non-hydrogen) atoms. The molecule has 1 aromatic heterocycles. The number of halogens is 1. The van der Waals surface area contributed by atoms with E-state index in [1.165, 1.54) is 12.1 Å². The Hall–Kier alpha value is -2.76. The van der Waals surface area contributed by atoms with Crippen molar-refractivity contribution in [1.29, 1.82) is 0 Å². The molecule has 1 amide bonds. The lowest BCUT2D eigenvalue weighted by Crippen LogP contribution is -2.46. The van der Waals surface area contributed by atoms with E-state index in [1.807, 2.05) is 18.7 Å². The molecule has 208 valence electrons. The van der Waals surface area contributed by atoms with Crippen LogP contribution in [-0.4, -0.2) is 57.1 Å². The fourth-order valence-corrected chi connectivity index (χ4v) is 6.24. The van der Waals surface area contributed by atoms with Crippen LogP contribution in [0.25, 0.3) is 11.3 Å². The number of nitrogens with zero attached hydrogens (tertiary/aromatic N) is 2. The average Bonchev–Trinajstić information content (AvgIpc) is 3.41. The summed E-state index contributed by atoms with van der Waals surface area (Å²) < 4.78 is 50.3. The molecule has 0 radical (unpaired) electrons. The number of rotatable bonds is 9. The Morgan fingerprint density at radius 3 is 2.68 bits per heavy atom. The van der Waals surface area contributed by atoms with E-state index in [2.05, 4.69) is 35.5 Å². The van der Waals surface area contributed by atoms with Crippen LogP contribution in [0.3, 0.4) is 0 Å². The predicted octanol–water partition coefficient (Wildman–Crippen LogP) is 3.47. The monoisotopic (exact) mass is 547 g/mol. The minimum Gasteiger partial charge on any atom is -0.493 e. The number of amides is 1. The number of aromatic nitrogens is 1. The van der Waals surface area contributed by atoms with Crippen molar-refractivity contribution in [2.24, 2.45) is 11.8 Å². The fourth-order valence-electron chi connectivity index (χ4n) is 5.19. The molecule has 1 aromatic carbocycles. The van der Waals surface area contributed by atoms with E-state index in [1.54, 1.807) is 18.2 Å². The van der Waals surface area contributed by atoms with Crippen molar-refractivity contribution in [3.05, 3.63) is 41.7 Å². The molecule has 0 aliphatic carbocycles. The molecule has 0 bridgehead atoms. The van der Waals surface area contributed by atoms with Crippen LogP contribution in [0.4, 0.5) is 10.2 Å². The molecule has 2 fully saturated rings. The molecule has 0 saturated carbocycles. The molecule has 1 unspecified atom stereocenters. The standard InChI is InChI=1S/C27H38FN5O4S/c1-17(2)16-37-22-11-19(10-20(28)12-22)24-7-6-23(25(30-24)33-15-18(3)13-27(33,4)5)26(34)32-38(35,36)31-21-8-9-29-14-21/h6-7,10-12,17-18,21,29,31H,8-9,13-16H2,1-5H3,(H,32,34)/t18-,21?/m0/s1. The lowest BCUT2D eigenvalue weighted by atomic mass is 9.97. The Kier molecular flexibility index (Phi) is 8.29. The Balaban J connectivity index is 1.70. The molecule has 3 N–H and O–H groups in total. The summed E-state index contributed by atoms with van der Waals surface area (Å²) >= 11 is 0. The van der Waals surface area contributed by atoms with Crippen LogP contribution in [0.15, 0.2) is 30.3 Å². The third-order valence-corrected chi connectivity index (χ3v) is 7.91. The quantitative estimate of drug-likeness (QED) is 0.441. The number of carbonyl (C=O) groups is 1. The second-order valence-electron chi connectivity index (χ2n) is 11.4. The van der Waals surface area contributed by atoms with E-state index >= 15 is 0 Å². The van der Waals surface area contributed by atoms with Crippen LogP contribution >= 0.6 is 0 Å². The highest BCUT2D eigenvalue weighted by molar-refractivity contribution is 7.88. The number of nitrogens with one attached hydrogen (secondary N) is 3. The SMILES string of the molecule is CC(C)COc1cc(F)cc(-c2ccc(C(=O)NS(=O)(=O)NC3CCNC3)c(N3C[C@@H](C)CC3(C)C)n2)c1. The van der Waals surface area contributed by atoms with Crippen molar-refractivity contribution in [1.82, 2.24) is 19.7 Å². The van der Waals surface area contributed by atoms with Gasteiger partial charge in [0.1, 0.15) is 17.4 Å². The largest absolute Gasteiger partial charge is 0.493 e. The van der Waals surface area contributed by atoms with E-state index in [9.17, 15) is 17.6 Å². The number of ether oxygens (including phenoxy) is 1. The smallest absolute Gasteiger partial charge is 0.301 e. The first-order valence-corrected chi connectivity index (χ1v) is 14.6. The molecule has 2 aromatic rings. The number of pyridine rings is 1. The normalized spacial score (nSPS) is 21.2. The predicted molar refractivity (Wildman–Crippen MR) is 146 cm³/mol.